The molecule has 0 radical (unpaired) electrons. The Labute approximate surface area is 220 Å². The molecule has 4 nitrogen and oxygen atoms in total. The number of allylic oxidation sites excluding steroid dienone is 1. The molecule has 1 aliphatic heterocycles. The van der Waals surface area contributed by atoms with Gasteiger partial charge in [0.15, 0.2) is 0 Å². The van der Waals surface area contributed by atoms with Gasteiger partial charge >= 0.3 is 221 Å². The summed E-state index contributed by atoms with van der Waals surface area (Å²) >= 11 is -0.0858. The van der Waals surface area contributed by atoms with E-state index in [-0.39, 0.29) is 31.6 Å². The Bertz CT molecular complexity index is 1650. The van der Waals surface area contributed by atoms with Crippen LogP contribution in [-0.2, 0) is 0 Å². The van der Waals surface area contributed by atoms with Crippen molar-refractivity contribution in [2.24, 2.45) is 0 Å². The first kappa shape index (κ1) is 21.8. The average Bonchev–Trinajstić information content (AvgIpc) is 3.51. The van der Waals surface area contributed by atoms with E-state index in [9.17, 15) is 9.59 Å². The van der Waals surface area contributed by atoms with Gasteiger partial charge in [0, 0.05) is 0 Å². The van der Waals surface area contributed by atoms with Crippen molar-refractivity contribution in [1.29, 1.82) is 0 Å². The minimum atomic E-state index is -0.182. The first-order valence-electron chi connectivity index (χ1n) is 12.0. The monoisotopic (exact) mass is 544 g/mol. The van der Waals surface area contributed by atoms with Gasteiger partial charge in [0.2, 0.25) is 0 Å². The van der Waals surface area contributed by atoms with Crippen LogP contribution in [0.1, 0.15) is 25.2 Å². The Balaban J connectivity index is 1.33. The van der Waals surface area contributed by atoms with Gasteiger partial charge in [-0.05, 0) is 0 Å². The van der Waals surface area contributed by atoms with Gasteiger partial charge in [0.25, 0.3) is 0 Å². The molecular formula is C32H20N2O2Se. The summed E-state index contributed by atoms with van der Waals surface area (Å²) in [5, 5.41) is 0. The van der Waals surface area contributed by atoms with Gasteiger partial charge in [-0.2, -0.15) is 0 Å². The molecule has 0 N–H and O–H groups in total. The molecule has 2 aliphatic rings. The van der Waals surface area contributed by atoms with E-state index in [1.807, 2.05) is 12.1 Å². The van der Waals surface area contributed by atoms with E-state index >= 15 is 0 Å². The topological polar surface area (TPSA) is 40.6 Å². The van der Waals surface area contributed by atoms with E-state index in [1.54, 1.807) is 30.3 Å². The summed E-state index contributed by atoms with van der Waals surface area (Å²) in [6.07, 6.45) is 1.80. The van der Waals surface area contributed by atoms with Crippen molar-refractivity contribution < 1.29 is 9.59 Å². The molecule has 2 heterocycles. The fourth-order valence-corrected chi connectivity index (χ4v) is 7.18. The van der Waals surface area contributed by atoms with Crippen LogP contribution in [0.3, 0.4) is 0 Å². The van der Waals surface area contributed by atoms with Gasteiger partial charge in [-0.25, -0.2) is 0 Å². The van der Waals surface area contributed by atoms with Crippen LogP contribution < -0.4 is 9.80 Å². The van der Waals surface area contributed by atoms with Gasteiger partial charge in [0.05, 0.1) is 0 Å². The Kier molecular flexibility index (Phi) is 5.07. The van der Waals surface area contributed by atoms with E-state index in [0.29, 0.717) is 11.1 Å². The number of anilines is 6. The number of benzene rings is 4. The molecule has 0 atom stereocenters. The third kappa shape index (κ3) is 3.44. The Morgan fingerprint density at radius 3 is 1.57 bits per heavy atom. The zero-order valence-corrected chi connectivity index (χ0v) is 21.4. The third-order valence-corrected chi connectivity index (χ3v) is 8.90. The number of rotatable bonds is 3. The molecule has 4 aromatic carbocycles. The molecule has 5 aromatic rings. The van der Waals surface area contributed by atoms with Crippen molar-refractivity contribution in [3.05, 3.63) is 136 Å². The second kappa shape index (κ2) is 8.59. The van der Waals surface area contributed by atoms with E-state index in [2.05, 4.69) is 88.7 Å². The van der Waals surface area contributed by atoms with Gasteiger partial charge in [-0.1, -0.05) is 0 Å². The molecule has 0 spiro atoms. The van der Waals surface area contributed by atoms with Crippen molar-refractivity contribution >= 4 is 65.1 Å². The Morgan fingerprint density at radius 2 is 1.00 bits per heavy atom. The van der Waals surface area contributed by atoms with E-state index in [1.165, 1.54) is 0 Å². The number of carbonyl (C=O) groups is 2. The molecular weight excluding hydrogens is 523 g/mol. The molecule has 0 fully saturated rings. The minimum absolute atomic E-state index is 0.0858. The van der Waals surface area contributed by atoms with Crippen LogP contribution in [-0.4, -0.2) is 26.1 Å². The second-order valence-corrected chi connectivity index (χ2v) is 11.2. The van der Waals surface area contributed by atoms with Gasteiger partial charge in [0.1, 0.15) is 0 Å². The van der Waals surface area contributed by atoms with Crippen molar-refractivity contribution in [2.75, 3.05) is 9.80 Å². The summed E-state index contributed by atoms with van der Waals surface area (Å²) in [5.41, 5.74) is 6.77. The van der Waals surface area contributed by atoms with Crippen LogP contribution in [0.4, 0.5) is 33.0 Å². The van der Waals surface area contributed by atoms with Crippen LogP contribution in [0.15, 0.2) is 121 Å². The quantitative estimate of drug-likeness (QED) is 0.132. The van der Waals surface area contributed by atoms with Crippen LogP contribution in [0.5, 0.6) is 0 Å². The van der Waals surface area contributed by atoms with Crippen molar-refractivity contribution in [2.45, 2.75) is 0 Å². The van der Waals surface area contributed by atoms with Crippen molar-refractivity contribution in [3.63, 3.8) is 0 Å². The first-order valence-corrected chi connectivity index (χ1v) is 13.8. The summed E-state index contributed by atoms with van der Waals surface area (Å²) in [6, 6.07) is 38.5. The van der Waals surface area contributed by atoms with Crippen molar-refractivity contribution in [3.8, 4) is 0 Å². The summed E-state index contributed by atoms with van der Waals surface area (Å²) in [7, 11) is 0. The SMILES string of the molecule is O=C1C(=Cc2ccc(N3c4ccccc4N(c4ccccc4)c4ccccc43)[se]2)C(=O)c2ccccc21. The zero-order valence-electron chi connectivity index (χ0n) is 19.7. The van der Waals surface area contributed by atoms with Crippen LogP contribution in [0.25, 0.3) is 6.08 Å². The number of Topliss-reactive ketones (excluding diaryl/α,β-unsaturated/α-hetero) is 2. The van der Waals surface area contributed by atoms with Gasteiger partial charge < -0.3 is 0 Å². The molecule has 0 saturated carbocycles. The fraction of sp³-hybridized carbons (Fsp3) is 0. The number of nitrogens with zero attached hydrogens (tertiary/aromatic N) is 2. The molecule has 7 rings (SSSR count). The molecule has 1 aliphatic carbocycles. The van der Waals surface area contributed by atoms with Gasteiger partial charge in [-0.15, -0.1) is 0 Å². The third-order valence-electron chi connectivity index (χ3n) is 6.77. The molecule has 0 saturated heterocycles. The number of para-hydroxylation sites is 5. The zero-order chi connectivity index (χ0) is 24.9. The normalized spacial score (nSPS) is 13.9. The molecule has 1 aromatic heterocycles. The summed E-state index contributed by atoms with van der Waals surface area (Å²) in [4.78, 5) is 30.5. The van der Waals surface area contributed by atoms with Crippen LogP contribution in [0.2, 0.25) is 0 Å². The predicted octanol–water partition coefficient (Wildman–Crippen LogP) is 7.46. The van der Waals surface area contributed by atoms with Crippen molar-refractivity contribution in [1.82, 2.24) is 0 Å². The summed E-state index contributed by atoms with van der Waals surface area (Å²) in [6.45, 7) is 0. The van der Waals surface area contributed by atoms with E-state index in [0.717, 1.165) is 37.4 Å². The number of carbonyl (C=O) groups excluding carboxylic acids is 2. The molecule has 176 valence electrons. The number of hydrogen-bond donors (Lipinski definition) is 0. The molecule has 0 amide bonds. The molecule has 5 heteroatoms. The molecule has 0 bridgehead atoms. The maximum absolute atomic E-state index is 12.9. The van der Waals surface area contributed by atoms with E-state index in [4.69, 9.17) is 0 Å². The molecule has 0 unspecified atom stereocenters. The van der Waals surface area contributed by atoms with Crippen LogP contribution in [0, 0.1) is 0 Å². The Hall–Kier alpha value is -4.44. The van der Waals surface area contributed by atoms with E-state index < -0.39 is 0 Å². The standard InChI is InChI=1S/C32H20N2O2Se/c35-31-23-12-4-5-13-24(23)32(36)25(31)20-22-18-19-30(37-22)34-28-16-8-6-14-26(28)33(21-10-2-1-3-11-21)27-15-7-9-17-29(27)34/h1-20H. The first-order chi connectivity index (χ1) is 18.2. The number of ketones is 2. The second-order valence-electron chi connectivity index (χ2n) is 8.92. The Morgan fingerprint density at radius 1 is 0.514 bits per heavy atom. The molecule has 37 heavy (non-hydrogen) atoms. The maximum atomic E-state index is 12.9. The summed E-state index contributed by atoms with van der Waals surface area (Å²) < 4.78 is 2.16. The average molecular weight is 543 g/mol. The fourth-order valence-electron chi connectivity index (χ4n) is 5.12. The summed E-state index contributed by atoms with van der Waals surface area (Å²) in [5.74, 6) is -0.365. The number of fused-ring (bicyclic) bond motifs is 3. The number of hydrogen-bond acceptors (Lipinski definition) is 4. The van der Waals surface area contributed by atoms with Crippen LogP contribution >= 0.6 is 0 Å². The predicted molar refractivity (Wildman–Crippen MR) is 149 cm³/mol. The van der Waals surface area contributed by atoms with Gasteiger partial charge in [-0.3, -0.25) is 0 Å².